The van der Waals surface area contributed by atoms with Crippen molar-refractivity contribution >= 4 is 10.8 Å². The van der Waals surface area contributed by atoms with Gasteiger partial charge in [-0.15, -0.1) is 6.58 Å². The zero-order valence-electron chi connectivity index (χ0n) is 12.3. The van der Waals surface area contributed by atoms with Gasteiger partial charge in [-0.1, -0.05) is 23.8 Å². The van der Waals surface area contributed by atoms with Crippen LogP contribution in [0.25, 0.3) is 0 Å². The van der Waals surface area contributed by atoms with Crippen LogP contribution in [0.4, 0.5) is 8.78 Å². The monoisotopic (exact) mass is 314 g/mol. The summed E-state index contributed by atoms with van der Waals surface area (Å²) < 4.78 is 43.9. The highest BCUT2D eigenvalue weighted by Gasteiger charge is 2.23. The fourth-order valence-electron chi connectivity index (χ4n) is 1.77. The van der Waals surface area contributed by atoms with Crippen LogP contribution in [-0.2, 0) is 15.5 Å². The van der Waals surface area contributed by atoms with E-state index in [-0.39, 0.29) is 17.9 Å². The van der Waals surface area contributed by atoms with E-state index in [1.54, 1.807) is 37.3 Å². The third-order valence-corrected chi connectivity index (χ3v) is 4.36. The quantitative estimate of drug-likeness (QED) is 0.518. The second kappa shape index (κ2) is 8.72. The van der Waals surface area contributed by atoms with Gasteiger partial charge in [-0.05, 0) is 38.8 Å². The first kappa shape index (κ1) is 17.6. The van der Waals surface area contributed by atoms with Crippen LogP contribution in [0.15, 0.2) is 52.5 Å². The van der Waals surface area contributed by atoms with Gasteiger partial charge in [-0.25, -0.2) is 13.0 Å². The molecule has 0 aliphatic rings. The van der Waals surface area contributed by atoms with Gasteiger partial charge in [0.1, 0.15) is 0 Å². The highest BCUT2D eigenvalue weighted by atomic mass is 32.2. The second-order valence-corrected chi connectivity index (χ2v) is 5.93. The highest BCUT2D eigenvalue weighted by molar-refractivity contribution is 7.89. The number of allylic oxidation sites excluding steroid dienone is 3. The normalized spacial score (nSPS) is 13.8. The van der Waals surface area contributed by atoms with Gasteiger partial charge in [0.05, 0.1) is 22.3 Å². The molecule has 1 unspecified atom stereocenters. The molecule has 0 saturated heterocycles. The molecule has 0 saturated carbocycles. The summed E-state index contributed by atoms with van der Waals surface area (Å²) in [6, 6.07) is 6.99. The fourth-order valence-corrected chi connectivity index (χ4v) is 3.07. The van der Waals surface area contributed by atoms with Crippen LogP contribution in [0.1, 0.15) is 25.3 Å². The number of ether oxygens (including phenoxy) is 1. The Balaban J connectivity index is 3.21. The Kier molecular flexibility index (Phi) is 7.29. The first-order chi connectivity index (χ1) is 10.0. The molecular weight excluding hydrogens is 294 g/mol. The SMILES string of the molecule is C=CCC/C(=C(\OCC)C(F)F)S(=O)c1ccc(C)cc1. The molecule has 1 atom stereocenters. The molecule has 21 heavy (non-hydrogen) atoms. The summed E-state index contributed by atoms with van der Waals surface area (Å²) in [5, 5.41) is 0. The number of benzene rings is 1. The van der Waals surface area contributed by atoms with E-state index in [4.69, 9.17) is 4.74 Å². The molecule has 0 heterocycles. The molecule has 0 N–H and O–H groups in total. The maximum atomic E-state index is 13.2. The molecule has 1 aromatic carbocycles. The molecule has 116 valence electrons. The van der Waals surface area contributed by atoms with Crippen molar-refractivity contribution in [2.24, 2.45) is 0 Å². The highest BCUT2D eigenvalue weighted by Crippen LogP contribution is 2.26. The Hall–Kier alpha value is -1.49. The standard InChI is InChI=1S/C16H20F2O2S/c1-4-6-7-14(15(16(17)18)20-5-2)21(19)13-10-8-12(3)9-11-13/h4,8-11,16H,1,5-7H2,2-3H3/b15-14+. The molecule has 5 heteroatoms. The zero-order valence-corrected chi connectivity index (χ0v) is 13.1. The van der Waals surface area contributed by atoms with Gasteiger partial charge in [0.25, 0.3) is 6.43 Å². The first-order valence-corrected chi connectivity index (χ1v) is 7.89. The summed E-state index contributed by atoms with van der Waals surface area (Å²) in [5.74, 6) is -0.474. The van der Waals surface area contributed by atoms with Crippen LogP contribution in [0.2, 0.25) is 0 Å². The Bertz CT molecular complexity index is 522. The van der Waals surface area contributed by atoms with Crippen LogP contribution in [0, 0.1) is 6.92 Å². The molecule has 0 spiro atoms. The third-order valence-electron chi connectivity index (χ3n) is 2.81. The summed E-state index contributed by atoms with van der Waals surface area (Å²) >= 11 is 0. The molecule has 0 aliphatic carbocycles. The van der Waals surface area contributed by atoms with E-state index in [1.165, 1.54) is 0 Å². The van der Waals surface area contributed by atoms with Crippen molar-refractivity contribution in [3.8, 4) is 0 Å². The predicted octanol–water partition coefficient (Wildman–Crippen LogP) is 4.58. The van der Waals surface area contributed by atoms with E-state index < -0.39 is 23.0 Å². The van der Waals surface area contributed by atoms with Gasteiger partial charge in [-0.2, -0.15) is 0 Å². The molecular formula is C16H20F2O2S. The molecule has 2 nitrogen and oxygen atoms in total. The molecule has 0 fully saturated rings. The number of hydrogen-bond donors (Lipinski definition) is 0. The molecule has 1 aromatic rings. The predicted molar refractivity (Wildman–Crippen MR) is 81.7 cm³/mol. The number of hydrogen-bond acceptors (Lipinski definition) is 2. The average Bonchev–Trinajstić information content (AvgIpc) is 2.46. The van der Waals surface area contributed by atoms with Crippen molar-refractivity contribution < 1.29 is 17.7 Å². The van der Waals surface area contributed by atoms with Crippen molar-refractivity contribution in [1.82, 2.24) is 0 Å². The smallest absolute Gasteiger partial charge is 0.295 e. The molecule has 1 rings (SSSR count). The summed E-state index contributed by atoms with van der Waals surface area (Å²) in [6.45, 7) is 7.23. The lowest BCUT2D eigenvalue weighted by Gasteiger charge is -2.14. The average molecular weight is 314 g/mol. The van der Waals surface area contributed by atoms with Crippen LogP contribution in [0.3, 0.4) is 0 Å². The summed E-state index contributed by atoms with van der Waals surface area (Å²) in [5.41, 5.74) is 1.02. The summed E-state index contributed by atoms with van der Waals surface area (Å²) in [4.78, 5) is 0.633. The van der Waals surface area contributed by atoms with Crippen molar-refractivity contribution in [2.75, 3.05) is 6.61 Å². The lowest BCUT2D eigenvalue weighted by Crippen LogP contribution is -2.10. The lowest BCUT2D eigenvalue weighted by molar-refractivity contribution is 0.0859. The minimum atomic E-state index is -2.78. The van der Waals surface area contributed by atoms with Crippen molar-refractivity contribution in [3.63, 3.8) is 0 Å². The van der Waals surface area contributed by atoms with Crippen LogP contribution >= 0.6 is 0 Å². The van der Waals surface area contributed by atoms with Gasteiger partial charge in [0.2, 0.25) is 0 Å². The number of aryl methyl sites for hydroxylation is 1. The van der Waals surface area contributed by atoms with Crippen LogP contribution in [0.5, 0.6) is 0 Å². The Morgan fingerprint density at radius 3 is 2.48 bits per heavy atom. The van der Waals surface area contributed by atoms with E-state index in [0.717, 1.165) is 5.56 Å². The summed E-state index contributed by atoms with van der Waals surface area (Å²) in [7, 11) is -1.66. The van der Waals surface area contributed by atoms with Gasteiger partial charge in [0, 0.05) is 4.90 Å². The number of halogens is 2. The Morgan fingerprint density at radius 1 is 1.38 bits per heavy atom. The van der Waals surface area contributed by atoms with E-state index in [1.807, 2.05) is 6.92 Å². The topological polar surface area (TPSA) is 26.3 Å². The minimum Gasteiger partial charge on any atom is -0.491 e. The van der Waals surface area contributed by atoms with Crippen molar-refractivity contribution in [1.29, 1.82) is 0 Å². The van der Waals surface area contributed by atoms with E-state index in [9.17, 15) is 13.0 Å². The molecule has 0 bridgehead atoms. The molecule has 0 aliphatic heterocycles. The summed E-state index contributed by atoms with van der Waals surface area (Å²) in [6.07, 6.45) is -0.458. The van der Waals surface area contributed by atoms with E-state index in [0.29, 0.717) is 11.3 Å². The third kappa shape index (κ3) is 5.08. The molecule has 0 amide bonds. The van der Waals surface area contributed by atoms with Gasteiger partial charge in [-0.3, -0.25) is 0 Å². The minimum absolute atomic E-state index is 0.113. The molecule has 0 aromatic heterocycles. The van der Waals surface area contributed by atoms with E-state index in [2.05, 4.69) is 6.58 Å². The number of rotatable bonds is 8. The Morgan fingerprint density at radius 2 is 2.00 bits per heavy atom. The van der Waals surface area contributed by atoms with Gasteiger partial charge in [0.15, 0.2) is 5.76 Å². The maximum Gasteiger partial charge on any atom is 0.295 e. The van der Waals surface area contributed by atoms with Crippen LogP contribution in [-0.4, -0.2) is 17.2 Å². The maximum absolute atomic E-state index is 13.2. The van der Waals surface area contributed by atoms with Crippen LogP contribution < -0.4 is 0 Å². The van der Waals surface area contributed by atoms with E-state index >= 15 is 0 Å². The van der Waals surface area contributed by atoms with Crippen molar-refractivity contribution in [2.45, 2.75) is 38.0 Å². The van der Waals surface area contributed by atoms with Crippen molar-refractivity contribution in [3.05, 3.63) is 53.1 Å². The van der Waals surface area contributed by atoms with Gasteiger partial charge < -0.3 is 4.74 Å². The number of alkyl halides is 2. The fraction of sp³-hybridized carbons (Fsp3) is 0.375. The first-order valence-electron chi connectivity index (χ1n) is 6.74. The second-order valence-electron chi connectivity index (χ2n) is 4.43. The largest absolute Gasteiger partial charge is 0.491 e. The van der Waals surface area contributed by atoms with Gasteiger partial charge >= 0.3 is 0 Å². The lowest BCUT2D eigenvalue weighted by atomic mass is 10.2. The zero-order chi connectivity index (χ0) is 15.8. The Labute approximate surface area is 127 Å². The molecule has 0 radical (unpaired) electrons.